The van der Waals surface area contributed by atoms with Crippen molar-refractivity contribution in [2.24, 2.45) is 23.7 Å². The van der Waals surface area contributed by atoms with Crippen LogP contribution >= 0.6 is 11.8 Å². The first-order valence-electron chi connectivity index (χ1n) is 10.3. The maximum Gasteiger partial charge on any atom is 0.300 e. The topological polar surface area (TPSA) is 54.4 Å². The van der Waals surface area contributed by atoms with Crippen LogP contribution in [0.1, 0.15) is 65.7 Å². The molecule has 0 aromatic heterocycles. The van der Waals surface area contributed by atoms with Gasteiger partial charge in [-0.2, -0.15) is 11.8 Å². The lowest BCUT2D eigenvalue weighted by Crippen LogP contribution is -2.07. The lowest BCUT2D eigenvalue weighted by molar-refractivity contribution is -0.134. The van der Waals surface area contributed by atoms with E-state index in [0.717, 1.165) is 50.1 Å². The van der Waals surface area contributed by atoms with Gasteiger partial charge in [0.25, 0.3) is 5.97 Å². The van der Waals surface area contributed by atoms with Crippen LogP contribution in [-0.2, 0) is 9.59 Å². The van der Waals surface area contributed by atoms with E-state index in [9.17, 15) is 4.79 Å². The van der Waals surface area contributed by atoms with Crippen LogP contribution in [0.5, 0.6) is 0 Å². The Kier molecular flexibility index (Phi) is 12.5. The molecule has 4 heteroatoms. The predicted molar refractivity (Wildman–Crippen MR) is 118 cm³/mol. The van der Waals surface area contributed by atoms with Crippen LogP contribution in [0.3, 0.4) is 0 Å². The van der Waals surface area contributed by atoms with Crippen molar-refractivity contribution in [3.05, 3.63) is 11.6 Å². The van der Waals surface area contributed by atoms with E-state index in [1.807, 2.05) is 0 Å². The van der Waals surface area contributed by atoms with E-state index < -0.39 is 5.97 Å². The molecule has 2 saturated carbocycles. The number of carbonyl (C=O) groups excluding carboxylic acids is 1. The first-order valence-corrected chi connectivity index (χ1v) is 11.5. The van der Waals surface area contributed by atoms with Crippen molar-refractivity contribution in [2.75, 3.05) is 11.5 Å². The molecular weight excluding hydrogens is 368 g/mol. The van der Waals surface area contributed by atoms with E-state index >= 15 is 0 Å². The molecule has 154 valence electrons. The monoisotopic (exact) mass is 402 g/mol. The number of fused-ring (bicyclic) bond motifs is 1. The molecule has 0 aromatic rings. The van der Waals surface area contributed by atoms with Crippen molar-refractivity contribution in [1.82, 2.24) is 0 Å². The van der Waals surface area contributed by atoms with E-state index in [0.29, 0.717) is 17.6 Å². The molecule has 2 aliphatic rings. The Hall–Kier alpha value is -1.65. The zero-order chi connectivity index (χ0) is 20.8. The zero-order valence-corrected chi connectivity index (χ0v) is 18.3. The van der Waals surface area contributed by atoms with E-state index in [2.05, 4.69) is 43.6 Å². The lowest BCUT2D eigenvalue weighted by Gasteiger charge is -2.12. The Labute approximate surface area is 175 Å². The summed E-state index contributed by atoms with van der Waals surface area (Å²) in [6, 6.07) is 0. The average Bonchev–Trinajstić information content (AvgIpc) is 3.20. The molecule has 3 nitrogen and oxygen atoms in total. The molecule has 28 heavy (non-hydrogen) atoms. The number of hydrogen-bond acceptors (Lipinski definition) is 3. The van der Waals surface area contributed by atoms with Gasteiger partial charge in [-0.15, -0.1) is 17.8 Å². The first-order chi connectivity index (χ1) is 13.5. The fourth-order valence-corrected chi connectivity index (χ4v) is 4.47. The highest BCUT2D eigenvalue weighted by atomic mass is 32.2. The minimum atomic E-state index is -0.833. The van der Waals surface area contributed by atoms with Gasteiger partial charge in [-0.05, 0) is 43.4 Å². The van der Waals surface area contributed by atoms with Gasteiger partial charge in [-0.25, -0.2) is 0 Å². The molecule has 2 rings (SSSR count). The van der Waals surface area contributed by atoms with Crippen molar-refractivity contribution in [2.45, 2.75) is 65.7 Å². The summed E-state index contributed by atoms with van der Waals surface area (Å²) in [5.74, 6) is 17.0. The molecular formula is C24H34O3S. The summed E-state index contributed by atoms with van der Waals surface area (Å²) in [5, 5.41) is 7.42. The van der Waals surface area contributed by atoms with Crippen molar-refractivity contribution >= 4 is 24.0 Å². The smallest absolute Gasteiger partial charge is 0.300 e. The number of carboxylic acids is 1. The zero-order valence-electron chi connectivity index (χ0n) is 17.5. The Balaban J connectivity index is 0.000000892. The van der Waals surface area contributed by atoms with E-state index in [-0.39, 0.29) is 0 Å². The Morgan fingerprint density at radius 1 is 1.21 bits per heavy atom. The van der Waals surface area contributed by atoms with E-state index in [4.69, 9.17) is 9.90 Å². The number of hydrogen-bond donors (Lipinski definition) is 1. The van der Waals surface area contributed by atoms with Gasteiger partial charge >= 0.3 is 0 Å². The fourth-order valence-electron chi connectivity index (χ4n) is 3.88. The Bertz CT molecular complexity index is 640. The van der Waals surface area contributed by atoms with Gasteiger partial charge in [0, 0.05) is 43.6 Å². The number of aldehydes is 1. The maximum absolute atomic E-state index is 10.4. The summed E-state index contributed by atoms with van der Waals surface area (Å²) in [6.45, 7) is 5.43. The number of allylic oxidation sites excluding steroid dienone is 1. The van der Waals surface area contributed by atoms with Crippen LogP contribution in [0.25, 0.3) is 0 Å². The molecule has 0 heterocycles. The fraction of sp³-hybridized carbons (Fsp3) is 0.667. The van der Waals surface area contributed by atoms with Gasteiger partial charge in [0.1, 0.15) is 6.29 Å². The molecule has 1 unspecified atom stereocenters. The Morgan fingerprint density at radius 2 is 1.93 bits per heavy atom. The normalized spacial score (nSPS) is 24.7. The molecule has 0 amide bonds. The van der Waals surface area contributed by atoms with Crippen LogP contribution in [-0.4, -0.2) is 28.9 Å². The second kappa shape index (κ2) is 14.4. The van der Waals surface area contributed by atoms with Crippen LogP contribution < -0.4 is 0 Å². The SMILES string of the molecule is CC(=O)O.CCC#CCC(C)CC#C[C@H]1CC[C@@H]2C/C(=C\CSCC=O)C[C@@H]21. The van der Waals surface area contributed by atoms with Crippen LogP contribution in [0.4, 0.5) is 0 Å². The third-order valence-corrected chi connectivity index (χ3v) is 5.93. The summed E-state index contributed by atoms with van der Waals surface area (Å²) in [5.41, 5.74) is 1.61. The van der Waals surface area contributed by atoms with Crippen molar-refractivity contribution in [3.63, 3.8) is 0 Å². The number of rotatable bonds is 6. The van der Waals surface area contributed by atoms with Crippen LogP contribution in [0.2, 0.25) is 0 Å². The van der Waals surface area contributed by atoms with Crippen molar-refractivity contribution in [3.8, 4) is 23.7 Å². The molecule has 4 atom stereocenters. The van der Waals surface area contributed by atoms with Gasteiger partial charge in [0.2, 0.25) is 0 Å². The molecule has 0 aliphatic heterocycles. The number of carbonyl (C=O) groups is 2. The molecule has 0 spiro atoms. The van der Waals surface area contributed by atoms with Gasteiger partial charge in [-0.1, -0.05) is 31.4 Å². The molecule has 0 radical (unpaired) electrons. The number of carboxylic acid groups (broad SMARTS) is 1. The molecule has 0 saturated heterocycles. The second-order valence-electron chi connectivity index (χ2n) is 7.64. The molecule has 1 N–H and O–H groups in total. The largest absolute Gasteiger partial charge is 0.481 e. The minimum Gasteiger partial charge on any atom is -0.481 e. The second-order valence-corrected chi connectivity index (χ2v) is 8.72. The van der Waals surface area contributed by atoms with E-state index in [1.54, 1.807) is 17.3 Å². The molecule has 0 bridgehead atoms. The highest BCUT2D eigenvalue weighted by Crippen LogP contribution is 2.49. The van der Waals surface area contributed by atoms with Crippen molar-refractivity contribution in [1.29, 1.82) is 0 Å². The summed E-state index contributed by atoms with van der Waals surface area (Å²) in [7, 11) is 0. The minimum absolute atomic E-state index is 0.586. The number of thioether (sulfide) groups is 1. The maximum atomic E-state index is 10.4. The highest BCUT2D eigenvalue weighted by Gasteiger charge is 2.40. The highest BCUT2D eigenvalue weighted by molar-refractivity contribution is 8.00. The summed E-state index contributed by atoms with van der Waals surface area (Å²) >= 11 is 1.71. The molecule has 0 aromatic carbocycles. The first kappa shape index (κ1) is 24.4. The predicted octanol–water partition coefficient (Wildman–Crippen LogP) is 5.21. The quantitative estimate of drug-likeness (QED) is 0.287. The summed E-state index contributed by atoms with van der Waals surface area (Å²) in [4.78, 5) is 19.4. The van der Waals surface area contributed by atoms with Gasteiger partial charge in [0.05, 0.1) is 0 Å². The summed E-state index contributed by atoms with van der Waals surface area (Å²) < 4.78 is 0. The third kappa shape index (κ3) is 10.0. The Morgan fingerprint density at radius 3 is 2.61 bits per heavy atom. The summed E-state index contributed by atoms with van der Waals surface area (Å²) in [6.07, 6.45) is 11.4. The standard InChI is InChI=1S/C22H30OS.C2H4O2/c1-3-4-5-7-18(2)8-6-9-20-10-11-21-16-19(17-22(20)21)12-14-24-15-13-23;1-2(3)4/h12-13,18,20-22H,3,7-8,10-11,14-17H2,1-2H3;1H3,(H,3,4)/b19-12+;/t18?,20-,21+,22+;/m0./s1. The lowest BCUT2D eigenvalue weighted by atomic mass is 9.92. The van der Waals surface area contributed by atoms with Crippen LogP contribution in [0, 0.1) is 47.4 Å². The van der Waals surface area contributed by atoms with Crippen molar-refractivity contribution < 1.29 is 14.7 Å². The number of aliphatic carboxylic acids is 1. The van der Waals surface area contributed by atoms with Crippen LogP contribution in [0.15, 0.2) is 11.6 Å². The average molecular weight is 403 g/mol. The van der Waals surface area contributed by atoms with Gasteiger partial charge in [0.15, 0.2) is 0 Å². The van der Waals surface area contributed by atoms with Gasteiger partial charge < -0.3 is 9.90 Å². The molecule has 2 fully saturated rings. The third-order valence-electron chi connectivity index (χ3n) is 5.16. The van der Waals surface area contributed by atoms with E-state index in [1.165, 1.54) is 25.7 Å². The molecule has 2 aliphatic carbocycles. The van der Waals surface area contributed by atoms with Gasteiger partial charge in [-0.3, -0.25) is 4.79 Å².